The van der Waals surface area contributed by atoms with Crippen molar-refractivity contribution < 1.29 is 115 Å². The SMILES string of the molecule is CCC(C#N)(CC)C(C)P(=O)(O)O.CCC(C#N)(CC)CC(C)P(=O)(O)O.CCC(C#N)(CC)CCCP(=O)(O)O.CCC(C#N)(CC)CCP(=O)(O)O.CCC(C#N)(CC)CP(=O)(O)O.CCC(C#N)(CC)P(=O)(O)O.CCC(C)C(C#N)(CC)P(=O)(O)O.CCCC(C#N)(CC)P(=O)(O)O. The number of rotatable bonds is 35. The summed E-state index contributed by atoms with van der Waals surface area (Å²) in [6, 6.07) is 15.8. The van der Waals surface area contributed by atoms with Crippen molar-refractivity contribution >= 4 is 60.8 Å². The maximum atomic E-state index is 11.2. The van der Waals surface area contributed by atoms with Crippen LogP contribution >= 0.6 is 60.8 Å². The molecule has 40 heteroatoms. The first-order valence-corrected chi connectivity index (χ1v) is 47.3. The third-order valence-corrected chi connectivity index (χ3v) is 30.6. The lowest BCUT2D eigenvalue weighted by Crippen LogP contribution is -2.33. The van der Waals surface area contributed by atoms with Crippen LogP contribution in [0.3, 0.4) is 0 Å². The highest BCUT2D eigenvalue weighted by molar-refractivity contribution is 7.55. The van der Waals surface area contributed by atoms with Crippen molar-refractivity contribution in [1.82, 2.24) is 0 Å². The predicted octanol–water partition coefficient (Wildman–Crippen LogP) is 14.6. The van der Waals surface area contributed by atoms with Crippen molar-refractivity contribution in [2.75, 3.05) is 18.5 Å². The molecule has 16 N–H and O–H groups in total. The fraction of sp³-hybridized carbons (Fsp3) is 0.871. The van der Waals surface area contributed by atoms with Gasteiger partial charge in [-0.2, -0.15) is 42.1 Å². The summed E-state index contributed by atoms with van der Waals surface area (Å²) in [7, 11) is -33.0. The van der Waals surface area contributed by atoms with Crippen LogP contribution in [0.15, 0.2) is 0 Å². The molecule has 5 unspecified atom stereocenters. The smallest absolute Gasteiger partial charge is 0.324 e. The third-order valence-electron chi connectivity index (χ3n) is 19.5. The summed E-state index contributed by atoms with van der Waals surface area (Å²) < 4.78 is 86.8. The zero-order valence-corrected chi connectivity index (χ0v) is 70.4. The molecule has 0 aliphatic carbocycles. The van der Waals surface area contributed by atoms with E-state index in [4.69, 9.17) is 120 Å². The third kappa shape index (κ3) is 42.0. The lowest BCUT2D eigenvalue weighted by molar-refractivity contribution is 0.288. The van der Waals surface area contributed by atoms with Gasteiger partial charge in [0.05, 0.1) is 99.3 Å². The molecule has 0 spiro atoms. The summed E-state index contributed by atoms with van der Waals surface area (Å²) in [4.78, 5) is 142. The van der Waals surface area contributed by atoms with E-state index < -0.39 is 115 Å². The molecule has 0 amide bonds. The summed E-state index contributed by atoms with van der Waals surface area (Å²) in [5, 5.41) is 66.2. The highest BCUT2D eigenvalue weighted by Gasteiger charge is 2.50. The molecule has 0 fully saturated rings. The van der Waals surface area contributed by atoms with Crippen LogP contribution in [0.25, 0.3) is 0 Å². The fourth-order valence-corrected chi connectivity index (χ4v) is 17.5. The molecule has 0 heterocycles. The summed E-state index contributed by atoms with van der Waals surface area (Å²) in [6.07, 6.45) is 8.98. The lowest BCUT2D eigenvalue weighted by atomic mass is 9.80. The molecule has 5 atom stereocenters. The van der Waals surface area contributed by atoms with Gasteiger partial charge in [-0.1, -0.05) is 137 Å². The molecular formula is C62H124N8O24P8. The Kier molecular flexibility index (Phi) is 58.0. The topological polar surface area (TPSA) is 651 Å². The number of nitrogens with zero attached hydrogens (tertiary/aromatic N) is 8. The maximum Gasteiger partial charge on any atom is 0.345 e. The van der Waals surface area contributed by atoms with Crippen LogP contribution in [-0.2, 0) is 36.5 Å². The minimum absolute atomic E-state index is 0.115. The molecule has 0 bridgehead atoms. The Hall–Kier alpha value is -2.88. The molecule has 0 saturated heterocycles. The fourth-order valence-electron chi connectivity index (χ4n) is 9.98. The van der Waals surface area contributed by atoms with Gasteiger partial charge in [0, 0.05) is 6.16 Å². The Labute approximate surface area is 608 Å². The van der Waals surface area contributed by atoms with Gasteiger partial charge in [0.2, 0.25) is 0 Å². The molecule has 102 heavy (non-hydrogen) atoms. The molecule has 0 saturated carbocycles. The lowest BCUT2D eigenvalue weighted by Gasteiger charge is -2.31. The maximum absolute atomic E-state index is 11.2. The molecular weight excluding hydrogens is 1490 g/mol. The largest absolute Gasteiger partial charge is 0.345 e. The van der Waals surface area contributed by atoms with Gasteiger partial charge in [0.15, 0.2) is 15.5 Å². The molecule has 0 aliphatic heterocycles. The molecule has 0 aromatic heterocycles. The standard InChI is InChI=1S/2C9H18NO3P.3C8H16NO3P.2C7H14NO3P.C6H12NO3P/c1-4-9(5-2,7-10)6-8(3)14(11,12)13;1-3-9(4-2,8-10)6-5-7-14(11,12)13;1-4-8(5-2,6-9)7(3)13(10,11)12;1-4-7(3)8(5-2,6-9)13(10,11)12;1-3-8(4-2,7-9)5-6-13(10,11)12;1-3-7(4-2,5-8)6-12(9,10)11;1-3-5-7(4-2,6-8)12(9,10)11;1-3-6(4-2,5-7)11(8,9)10/h8H,4-6H2,1-3H3,(H2,11,12,13);3-7H2,1-2H3,(H2,11,12,13);2*7H,4-5H2,1-3H3,(H2,10,11,12);3-6H2,1-2H3,(H2,10,11,12);3-4,6H2,1-2H3,(H2,9,10,11);3-5H2,1-2H3,(H2,9,10,11);3-4H2,1-2H3,(H2,8,9,10). The normalized spacial score (nSPS) is 14.5. The van der Waals surface area contributed by atoms with E-state index >= 15 is 0 Å². The van der Waals surface area contributed by atoms with Crippen LogP contribution in [0.2, 0.25) is 0 Å². The average Bonchev–Trinajstić information content (AvgIpc) is 0.810. The minimum Gasteiger partial charge on any atom is -0.324 e. The summed E-state index contributed by atoms with van der Waals surface area (Å²) >= 11 is 0. The molecule has 0 radical (unpaired) electrons. The van der Waals surface area contributed by atoms with E-state index in [9.17, 15) is 36.5 Å². The van der Waals surface area contributed by atoms with E-state index in [0.717, 1.165) is 12.8 Å². The highest BCUT2D eigenvalue weighted by Crippen LogP contribution is 2.58. The predicted molar refractivity (Wildman–Crippen MR) is 392 cm³/mol. The van der Waals surface area contributed by atoms with Crippen LogP contribution in [0.4, 0.5) is 0 Å². The summed E-state index contributed by atoms with van der Waals surface area (Å²) in [5.41, 5.74) is -4.89. The quantitative estimate of drug-likeness (QED) is 0.0262. The van der Waals surface area contributed by atoms with Gasteiger partial charge < -0.3 is 78.3 Å². The second-order valence-corrected chi connectivity index (χ2v) is 40.1. The first-order valence-electron chi connectivity index (χ1n) is 33.7. The van der Waals surface area contributed by atoms with Gasteiger partial charge in [-0.3, -0.25) is 36.5 Å². The van der Waals surface area contributed by atoms with Gasteiger partial charge in [0.25, 0.3) is 0 Å². The summed E-state index contributed by atoms with van der Waals surface area (Å²) in [5.74, 6) is -0.289. The first kappa shape index (κ1) is 115. The highest BCUT2D eigenvalue weighted by atomic mass is 31.2. The van der Waals surface area contributed by atoms with E-state index in [-0.39, 0.29) is 69.3 Å². The molecule has 32 nitrogen and oxygen atoms in total. The van der Waals surface area contributed by atoms with E-state index in [1.807, 2.05) is 60.6 Å². The monoisotopic (exact) mass is 1610 g/mol. The van der Waals surface area contributed by atoms with E-state index in [0.29, 0.717) is 77.0 Å². The molecule has 0 rings (SSSR count). The molecule has 0 aromatic rings. The van der Waals surface area contributed by atoms with Crippen molar-refractivity contribution in [2.24, 2.45) is 33.0 Å². The van der Waals surface area contributed by atoms with Crippen molar-refractivity contribution in [3.8, 4) is 48.6 Å². The van der Waals surface area contributed by atoms with Gasteiger partial charge in [-0.25, -0.2) is 0 Å². The van der Waals surface area contributed by atoms with Crippen molar-refractivity contribution in [3.05, 3.63) is 0 Å². The second-order valence-electron chi connectivity index (χ2n) is 25.2. The van der Waals surface area contributed by atoms with E-state index in [2.05, 4.69) is 18.2 Å². The van der Waals surface area contributed by atoms with Gasteiger partial charge >= 0.3 is 60.8 Å². The van der Waals surface area contributed by atoms with E-state index in [1.54, 1.807) is 87.4 Å². The Morgan fingerprint density at radius 2 is 0.657 bits per heavy atom. The van der Waals surface area contributed by atoms with Gasteiger partial charge in [-0.05, 0) is 135 Å². The molecule has 596 valence electrons. The Morgan fingerprint density at radius 1 is 0.324 bits per heavy atom. The average molecular weight is 1610 g/mol. The number of hydrogen-bond acceptors (Lipinski definition) is 16. The molecule has 0 aromatic carbocycles. The van der Waals surface area contributed by atoms with E-state index in [1.165, 1.54) is 13.8 Å². The van der Waals surface area contributed by atoms with Crippen LogP contribution in [0, 0.1) is 124 Å². The van der Waals surface area contributed by atoms with Crippen LogP contribution in [-0.4, -0.2) is 124 Å². The van der Waals surface area contributed by atoms with Gasteiger partial charge in [-0.15, -0.1) is 0 Å². The zero-order chi connectivity index (χ0) is 83.4. The Balaban J connectivity index is -0.000000165. The Bertz CT molecular complexity index is 3170. The van der Waals surface area contributed by atoms with Gasteiger partial charge in [0.1, 0.15) is 0 Å². The van der Waals surface area contributed by atoms with Crippen LogP contribution in [0.1, 0.15) is 266 Å². The number of nitriles is 8. The first-order chi connectivity index (χ1) is 46.0. The van der Waals surface area contributed by atoms with Crippen LogP contribution < -0.4 is 0 Å². The van der Waals surface area contributed by atoms with Crippen LogP contribution in [0.5, 0.6) is 0 Å². The Morgan fingerprint density at radius 3 is 0.794 bits per heavy atom. The minimum atomic E-state index is -4.34. The summed E-state index contributed by atoms with van der Waals surface area (Å²) in [6.45, 7) is 33.2. The van der Waals surface area contributed by atoms with Crippen molar-refractivity contribution in [2.45, 2.75) is 293 Å². The second kappa shape index (κ2) is 51.5. The van der Waals surface area contributed by atoms with Crippen molar-refractivity contribution in [3.63, 3.8) is 0 Å². The molecule has 0 aliphatic rings. The van der Waals surface area contributed by atoms with Crippen molar-refractivity contribution in [1.29, 1.82) is 42.1 Å². The zero-order valence-electron chi connectivity index (χ0n) is 63.3. The number of hydrogen-bond donors (Lipinski definition) is 16.